The fourth-order valence-corrected chi connectivity index (χ4v) is 4.33. The molecule has 30 heavy (non-hydrogen) atoms. The summed E-state index contributed by atoms with van der Waals surface area (Å²) >= 11 is 0. The summed E-state index contributed by atoms with van der Waals surface area (Å²) in [4.78, 5) is 0. The molecule has 0 N–H and O–H groups in total. The zero-order valence-corrected chi connectivity index (χ0v) is 16.7. The second kappa shape index (κ2) is 6.60. The van der Waals surface area contributed by atoms with Gasteiger partial charge in [-0.15, -0.1) is 0 Å². The summed E-state index contributed by atoms with van der Waals surface area (Å²) in [5.74, 6) is 0. The molecule has 1 nitrogen and oxygen atoms in total. The molecule has 142 valence electrons. The van der Waals surface area contributed by atoms with Gasteiger partial charge in [0, 0.05) is 10.8 Å². The molecule has 1 heteroatoms. The molecule has 5 aromatic carbocycles. The maximum atomic E-state index is 6.14. The van der Waals surface area contributed by atoms with E-state index in [0.717, 1.165) is 11.2 Å². The van der Waals surface area contributed by atoms with E-state index in [9.17, 15) is 0 Å². The fraction of sp³-hybridized carbons (Fsp3) is 0.0345. The first-order valence-corrected chi connectivity index (χ1v) is 10.3. The van der Waals surface area contributed by atoms with Crippen LogP contribution in [0.15, 0.2) is 108 Å². The van der Waals surface area contributed by atoms with Crippen LogP contribution in [0.1, 0.15) is 5.56 Å². The van der Waals surface area contributed by atoms with E-state index in [4.69, 9.17) is 4.42 Å². The second-order valence-electron chi connectivity index (χ2n) is 7.92. The fourth-order valence-electron chi connectivity index (χ4n) is 4.33. The molecule has 0 atom stereocenters. The Morgan fingerprint density at radius 1 is 0.500 bits per heavy atom. The van der Waals surface area contributed by atoms with E-state index in [-0.39, 0.29) is 0 Å². The van der Waals surface area contributed by atoms with Crippen LogP contribution < -0.4 is 0 Å². The van der Waals surface area contributed by atoms with Gasteiger partial charge in [-0.1, -0.05) is 90.5 Å². The van der Waals surface area contributed by atoms with Gasteiger partial charge in [0.15, 0.2) is 0 Å². The van der Waals surface area contributed by atoms with Crippen molar-refractivity contribution in [1.82, 2.24) is 0 Å². The van der Waals surface area contributed by atoms with E-state index in [1.165, 1.54) is 49.4 Å². The number of rotatable bonds is 2. The highest BCUT2D eigenvalue weighted by atomic mass is 16.3. The maximum Gasteiger partial charge on any atom is 0.136 e. The van der Waals surface area contributed by atoms with Gasteiger partial charge in [0.1, 0.15) is 11.2 Å². The third kappa shape index (κ3) is 2.71. The molecule has 6 aromatic rings. The van der Waals surface area contributed by atoms with Crippen LogP contribution in [0.3, 0.4) is 0 Å². The lowest BCUT2D eigenvalue weighted by molar-refractivity contribution is 0.669. The largest absolute Gasteiger partial charge is 0.456 e. The lowest BCUT2D eigenvalue weighted by Gasteiger charge is -2.06. The molecule has 0 radical (unpaired) electrons. The monoisotopic (exact) mass is 384 g/mol. The van der Waals surface area contributed by atoms with Crippen LogP contribution in [-0.4, -0.2) is 0 Å². The molecule has 0 aliphatic carbocycles. The quantitative estimate of drug-likeness (QED) is 0.292. The Balaban J connectivity index is 1.48. The summed E-state index contributed by atoms with van der Waals surface area (Å²) in [5, 5.41) is 4.84. The first-order valence-electron chi connectivity index (χ1n) is 10.3. The highest BCUT2D eigenvalue weighted by Crippen LogP contribution is 2.37. The van der Waals surface area contributed by atoms with Gasteiger partial charge in [-0.3, -0.25) is 0 Å². The van der Waals surface area contributed by atoms with Crippen molar-refractivity contribution < 1.29 is 4.42 Å². The van der Waals surface area contributed by atoms with Gasteiger partial charge in [-0.05, 0) is 58.1 Å². The molecule has 0 fully saturated rings. The van der Waals surface area contributed by atoms with E-state index in [1.807, 2.05) is 0 Å². The van der Waals surface area contributed by atoms with Gasteiger partial charge in [-0.2, -0.15) is 0 Å². The molecule has 0 saturated carbocycles. The van der Waals surface area contributed by atoms with Gasteiger partial charge in [0.05, 0.1) is 0 Å². The average Bonchev–Trinajstić information content (AvgIpc) is 3.18. The summed E-state index contributed by atoms with van der Waals surface area (Å²) in [6, 6.07) is 36.7. The number of hydrogen-bond acceptors (Lipinski definition) is 1. The van der Waals surface area contributed by atoms with Gasteiger partial charge in [0.2, 0.25) is 0 Å². The van der Waals surface area contributed by atoms with Crippen LogP contribution in [0.2, 0.25) is 0 Å². The Morgan fingerprint density at radius 2 is 1.10 bits per heavy atom. The molecule has 0 aliphatic heterocycles. The summed E-state index contributed by atoms with van der Waals surface area (Å²) in [7, 11) is 0. The third-order valence-corrected chi connectivity index (χ3v) is 5.96. The Kier molecular flexibility index (Phi) is 3.75. The lowest BCUT2D eigenvalue weighted by atomic mass is 9.98. The molecule has 1 aromatic heterocycles. The molecule has 1 heterocycles. The minimum absolute atomic E-state index is 0.932. The summed E-state index contributed by atoms with van der Waals surface area (Å²) < 4.78 is 6.14. The van der Waals surface area contributed by atoms with E-state index in [0.29, 0.717) is 0 Å². The van der Waals surface area contributed by atoms with Gasteiger partial charge in [0.25, 0.3) is 0 Å². The first-order chi connectivity index (χ1) is 14.8. The zero-order chi connectivity index (χ0) is 20.1. The molecule has 0 aliphatic rings. The third-order valence-electron chi connectivity index (χ3n) is 5.96. The van der Waals surface area contributed by atoms with Crippen molar-refractivity contribution >= 4 is 32.7 Å². The Bertz CT molecular complexity index is 1520. The number of benzene rings is 5. The minimum Gasteiger partial charge on any atom is -0.456 e. The number of fused-ring (bicyclic) bond motifs is 5. The number of furan rings is 1. The highest BCUT2D eigenvalue weighted by Gasteiger charge is 2.11. The van der Waals surface area contributed by atoms with Crippen molar-refractivity contribution in [2.45, 2.75) is 6.92 Å². The molecular formula is C29H20O. The van der Waals surface area contributed by atoms with Crippen molar-refractivity contribution in [3.05, 3.63) is 109 Å². The predicted molar refractivity (Wildman–Crippen MR) is 127 cm³/mol. The van der Waals surface area contributed by atoms with Crippen LogP contribution >= 0.6 is 0 Å². The number of hydrogen-bond donors (Lipinski definition) is 0. The first kappa shape index (κ1) is 17.1. The van der Waals surface area contributed by atoms with Crippen molar-refractivity contribution in [2.75, 3.05) is 0 Å². The molecule has 0 saturated heterocycles. The van der Waals surface area contributed by atoms with Crippen molar-refractivity contribution in [2.24, 2.45) is 0 Å². The van der Waals surface area contributed by atoms with Gasteiger partial charge < -0.3 is 4.42 Å². The van der Waals surface area contributed by atoms with Crippen molar-refractivity contribution in [3.8, 4) is 22.3 Å². The Morgan fingerprint density at radius 3 is 1.87 bits per heavy atom. The molecule has 0 bridgehead atoms. The van der Waals surface area contributed by atoms with Crippen LogP contribution in [-0.2, 0) is 0 Å². The molecule has 0 unspecified atom stereocenters. The zero-order valence-electron chi connectivity index (χ0n) is 16.7. The lowest BCUT2D eigenvalue weighted by Crippen LogP contribution is -1.81. The van der Waals surface area contributed by atoms with Crippen LogP contribution in [0.25, 0.3) is 55.0 Å². The van der Waals surface area contributed by atoms with E-state index < -0.39 is 0 Å². The van der Waals surface area contributed by atoms with Crippen LogP contribution in [0.5, 0.6) is 0 Å². The van der Waals surface area contributed by atoms with E-state index >= 15 is 0 Å². The predicted octanol–water partition coefficient (Wildman–Crippen LogP) is 8.38. The number of aryl methyl sites for hydroxylation is 1. The molecule has 0 amide bonds. The molecular weight excluding hydrogens is 364 g/mol. The second-order valence-corrected chi connectivity index (χ2v) is 7.92. The Labute approximate surface area is 175 Å². The minimum atomic E-state index is 0.932. The summed E-state index contributed by atoms with van der Waals surface area (Å²) in [6.45, 7) is 2.12. The van der Waals surface area contributed by atoms with Crippen molar-refractivity contribution in [1.29, 1.82) is 0 Å². The van der Waals surface area contributed by atoms with Crippen molar-refractivity contribution in [3.63, 3.8) is 0 Å². The van der Waals surface area contributed by atoms with Crippen LogP contribution in [0.4, 0.5) is 0 Å². The van der Waals surface area contributed by atoms with Gasteiger partial charge in [-0.25, -0.2) is 0 Å². The SMILES string of the molecule is Cc1ccc(-c2ccc(-c3ccc4oc5ccc6ccccc6c5c4c3)cc2)cc1. The molecule has 6 rings (SSSR count). The smallest absolute Gasteiger partial charge is 0.136 e. The highest BCUT2D eigenvalue weighted by molar-refractivity contribution is 6.19. The van der Waals surface area contributed by atoms with Gasteiger partial charge >= 0.3 is 0 Å². The Hall–Kier alpha value is -3.84. The van der Waals surface area contributed by atoms with Crippen LogP contribution in [0, 0.1) is 6.92 Å². The topological polar surface area (TPSA) is 13.1 Å². The average molecular weight is 384 g/mol. The summed E-state index contributed by atoms with van der Waals surface area (Å²) in [5.41, 5.74) is 8.05. The van der Waals surface area contributed by atoms with E-state index in [2.05, 4.69) is 110 Å². The maximum absolute atomic E-state index is 6.14. The molecule has 0 spiro atoms. The summed E-state index contributed by atoms with van der Waals surface area (Å²) in [6.07, 6.45) is 0. The normalized spacial score (nSPS) is 11.5. The standard InChI is InChI=1S/C29H20O/c1-19-6-8-20(9-7-19)21-10-12-22(13-11-21)24-15-16-27-26(18-24)29-25-5-3-2-4-23(25)14-17-28(29)30-27/h2-18H,1H3. The van der Waals surface area contributed by atoms with E-state index in [1.54, 1.807) is 0 Å².